The van der Waals surface area contributed by atoms with E-state index in [0.717, 1.165) is 10.8 Å². The fraction of sp³-hybridized carbons (Fsp3) is 0.250. The van der Waals surface area contributed by atoms with Crippen LogP contribution >= 0.6 is 0 Å². The van der Waals surface area contributed by atoms with Crippen LogP contribution in [0.5, 0.6) is 0 Å². The minimum atomic E-state index is -0.717. The van der Waals surface area contributed by atoms with Crippen LogP contribution in [0.3, 0.4) is 0 Å². The molecule has 1 aromatic carbocycles. The summed E-state index contributed by atoms with van der Waals surface area (Å²) in [7, 11) is 0. The molecule has 1 heterocycles. The Morgan fingerprint density at radius 3 is 2.67 bits per heavy atom. The van der Waals surface area contributed by atoms with Crippen molar-refractivity contribution in [3.8, 4) is 0 Å². The van der Waals surface area contributed by atoms with Gasteiger partial charge in [0.2, 0.25) is 11.6 Å². The lowest BCUT2D eigenvalue weighted by atomic mass is 10.1. The third kappa shape index (κ3) is 3.51. The summed E-state index contributed by atoms with van der Waals surface area (Å²) in [6.45, 7) is 1.59. The minimum Gasteiger partial charge on any atom is -0.342 e. The number of nitrogens with zero attached hydrogens (tertiary/aromatic N) is 1. The zero-order valence-electron chi connectivity index (χ0n) is 11.8. The molecule has 1 aromatic heterocycles. The molecule has 1 N–H and O–H groups in total. The Bertz CT molecular complexity index is 689. The van der Waals surface area contributed by atoms with E-state index in [9.17, 15) is 14.4 Å². The highest BCUT2D eigenvalue weighted by molar-refractivity contribution is 6.36. The van der Waals surface area contributed by atoms with E-state index in [-0.39, 0.29) is 18.7 Å². The van der Waals surface area contributed by atoms with Gasteiger partial charge in [0.1, 0.15) is 5.69 Å². The molecule has 0 bridgehead atoms. The Balaban J connectivity index is 2.09. The van der Waals surface area contributed by atoms with E-state index >= 15 is 0 Å². The molecule has 0 saturated carbocycles. The highest BCUT2D eigenvalue weighted by Gasteiger charge is 2.16. The smallest absolute Gasteiger partial charge is 0.287 e. The van der Waals surface area contributed by atoms with Crippen LogP contribution in [0, 0.1) is 0 Å². The third-order valence-corrected chi connectivity index (χ3v) is 3.08. The fourth-order valence-corrected chi connectivity index (χ4v) is 2.03. The molecule has 0 unspecified atom stereocenters. The number of carbonyl (C=O) groups excluding carboxylic acids is 3. The lowest BCUT2D eigenvalue weighted by molar-refractivity contribution is -0.137. The van der Waals surface area contributed by atoms with Crippen LogP contribution in [0.25, 0.3) is 10.8 Å². The van der Waals surface area contributed by atoms with Crippen molar-refractivity contribution in [2.45, 2.75) is 19.8 Å². The first-order valence-electron chi connectivity index (χ1n) is 6.81. The van der Waals surface area contributed by atoms with Gasteiger partial charge in [0.25, 0.3) is 5.91 Å². The van der Waals surface area contributed by atoms with Gasteiger partial charge in [-0.1, -0.05) is 31.2 Å². The number of hydrogen-bond acceptors (Lipinski definition) is 4. The van der Waals surface area contributed by atoms with E-state index in [4.69, 9.17) is 0 Å². The Hall–Kier alpha value is -2.56. The zero-order chi connectivity index (χ0) is 15.2. The number of pyridine rings is 1. The number of hydrogen-bond donors (Lipinski definition) is 1. The summed E-state index contributed by atoms with van der Waals surface area (Å²) < 4.78 is 0. The molecule has 5 nitrogen and oxygen atoms in total. The second-order valence-electron chi connectivity index (χ2n) is 4.66. The molecule has 1 amide bonds. The Morgan fingerprint density at radius 2 is 1.90 bits per heavy atom. The molecule has 0 aliphatic carbocycles. The highest BCUT2D eigenvalue weighted by Crippen LogP contribution is 2.16. The third-order valence-electron chi connectivity index (χ3n) is 3.08. The van der Waals surface area contributed by atoms with Gasteiger partial charge in [-0.25, -0.2) is 0 Å². The van der Waals surface area contributed by atoms with Gasteiger partial charge in [-0.3, -0.25) is 19.4 Å². The Kier molecular flexibility index (Phi) is 4.77. The Labute approximate surface area is 122 Å². The van der Waals surface area contributed by atoms with E-state index in [0.29, 0.717) is 12.1 Å². The second kappa shape index (κ2) is 6.74. The first-order valence-corrected chi connectivity index (χ1v) is 6.81. The predicted octanol–water partition coefficient (Wildman–Crippen LogP) is 1.90. The predicted molar refractivity (Wildman–Crippen MR) is 79.0 cm³/mol. The molecule has 0 saturated heterocycles. The molecule has 0 radical (unpaired) electrons. The highest BCUT2D eigenvalue weighted by atomic mass is 16.2. The van der Waals surface area contributed by atoms with E-state index in [2.05, 4.69) is 10.3 Å². The van der Waals surface area contributed by atoms with Gasteiger partial charge in [0.15, 0.2) is 0 Å². The van der Waals surface area contributed by atoms with Crippen LogP contribution in [0.1, 0.15) is 30.3 Å². The number of nitrogens with one attached hydrogen (secondary N) is 1. The molecule has 0 spiro atoms. The summed E-state index contributed by atoms with van der Waals surface area (Å²) in [6.07, 6.45) is 2.34. The van der Waals surface area contributed by atoms with Gasteiger partial charge >= 0.3 is 0 Å². The van der Waals surface area contributed by atoms with Crippen molar-refractivity contribution < 1.29 is 14.4 Å². The summed E-state index contributed by atoms with van der Waals surface area (Å²) in [5, 5.41) is 3.99. The van der Waals surface area contributed by atoms with Gasteiger partial charge in [0, 0.05) is 18.0 Å². The van der Waals surface area contributed by atoms with Crippen molar-refractivity contribution >= 4 is 28.2 Å². The van der Waals surface area contributed by atoms with Crippen LogP contribution in [-0.4, -0.2) is 29.0 Å². The maximum atomic E-state index is 12.2. The number of ketones is 2. The van der Waals surface area contributed by atoms with Crippen LogP contribution in [0.2, 0.25) is 0 Å². The normalized spacial score (nSPS) is 10.3. The summed E-state index contributed by atoms with van der Waals surface area (Å²) in [5.41, 5.74) is 0.302. The topological polar surface area (TPSA) is 76.1 Å². The molecule has 108 valence electrons. The molecule has 2 rings (SSSR count). The second-order valence-corrected chi connectivity index (χ2v) is 4.66. The molecule has 0 aliphatic heterocycles. The number of Topliss-reactive ketones (excluding diaryl/α,β-unsaturated/α-hetero) is 2. The fourth-order valence-electron chi connectivity index (χ4n) is 2.03. The van der Waals surface area contributed by atoms with E-state index < -0.39 is 11.7 Å². The summed E-state index contributed by atoms with van der Waals surface area (Å²) in [5.74, 6) is -1.54. The lowest BCUT2D eigenvalue weighted by Crippen LogP contribution is -2.35. The summed E-state index contributed by atoms with van der Waals surface area (Å²) in [4.78, 5) is 39.1. The van der Waals surface area contributed by atoms with Gasteiger partial charge in [0.05, 0.1) is 6.54 Å². The number of fused-ring (bicyclic) bond motifs is 1. The standard InChI is InChI=1S/C16H16N2O3/c1-2-5-13(19)16(21)18-10-14(20)15-12-7-4-3-6-11(12)8-9-17-15/h3-4,6-9H,2,5,10H2,1H3,(H,18,21). The van der Waals surface area contributed by atoms with Gasteiger partial charge in [-0.15, -0.1) is 0 Å². The molecule has 0 atom stereocenters. The lowest BCUT2D eigenvalue weighted by Gasteiger charge is -2.06. The van der Waals surface area contributed by atoms with Crippen LogP contribution in [0.4, 0.5) is 0 Å². The van der Waals surface area contributed by atoms with Gasteiger partial charge < -0.3 is 5.32 Å². The molecule has 5 heteroatoms. The van der Waals surface area contributed by atoms with Crippen molar-refractivity contribution in [2.75, 3.05) is 6.54 Å². The molecule has 2 aromatic rings. The van der Waals surface area contributed by atoms with Crippen molar-refractivity contribution in [3.05, 3.63) is 42.2 Å². The first kappa shape index (κ1) is 14.8. The van der Waals surface area contributed by atoms with Gasteiger partial charge in [-0.2, -0.15) is 0 Å². The molecule has 0 fully saturated rings. The number of aromatic nitrogens is 1. The van der Waals surface area contributed by atoms with E-state index in [1.807, 2.05) is 31.2 Å². The van der Waals surface area contributed by atoms with Crippen LogP contribution in [-0.2, 0) is 9.59 Å². The quantitative estimate of drug-likeness (QED) is 0.649. The number of rotatable bonds is 6. The maximum Gasteiger partial charge on any atom is 0.287 e. The Morgan fingerprint density at radius 1 is 1.14 bits per heavy atom. The van der Waals surface area contributed by atoms with Crippen molar-refractivity contribution in [3.63, 3.8) is 0 Å². The SMILES string of the molecule is CCCC(=O)C(=O)NCC(=O)c1nccc2ccccc12. The van der Waals surface area contributed by atoms with Crippen molar-refractivity contribution in [1.29, 1.82) is 0 Å². The van der Waals surface area contributed by atoms with Crippen LogP contribution in [0.15, 0.2) is 36.5 Å². The van der Waals surface area contributed by atoms with Crippen molar-refractivity contribution in [1.82, 2.24) is 10.3 Å². The number of carbonyl (C=O) groups is 3. The van der Waals surface area contributed by atoms with Crippen molar-refractivity contribution in [2.24, 2.45) is 0 Å². The number of amides is 1. The average molecular weight is 284 g/mol. The molecular weight excluding hydrogens is 268 g/mol. The minimum absolute atomic E-state index is 0.187. The monoisotopic (exact) mass is 284 g/mol. The van der Waals surface area contributed by atoms with Gasteiger partial charge in [-0.05, 0) is 17.9 Å². The molecular formula is C16H16N2O3. The average Bonchev–Trinajstić information content (AvgIpc) is 2.51. The largest absolute Gasteiger partial charge is 0.342 e. The molecule has 0 aliphatic rings. The zero-order valence-corrected chi connectivity index (χ0v) is 11.8. The molecule has 21 heavy (non-hydrogen) atoms. The number of benzene rings is 1. The van der Waals surface area contributed by atoms with E-state index in [1.54, 1.807) is 12.3 Å². The van der Waals surface area contributed by atoms with E-state index in [1.165, 1.54) is 0 Å². The summed E-state index contributed by atoms with van der Waals surface area (Å²) >= 11 is 0. The summed E-state index contributed by atoms with van der Waals surface area (Å²) in [6, 6.07) is 9.21. The first-order chi connectivity index (χ1) is 10.1. The van der Waals surface area contributed by atoms with Crippen LogP contribution < -0.4 is 5.32 Å². The maximum absolute atomic E-state index is 12.2.